The highest BCUT2D eigenvalue weighted by atomic mass is 35.5. The van der Waals surface area contributed by atoms with Gasteiger partial charge in [-0.1, -0.05) is 59.6 Å². The molecule has 0 radical (unpaired) electrons. The van der Waals surface area contributed by atoms with Crippen molar-refractivity contribution in [3.63, 3.8) is 0 Å². The molecule has 0 unspecified atom stereocenters. The number of rotatable bonds is 7. The number of carbonyl (C=O) groups is 2. The Hall–Kier alpha value is -2.50. The third-order valence-corrected chi connectivity index (χ3v) is 3.72. The first kappa shape index (κ1) is 19.8. The molecule has 2 aromatic rings. The van der Waals surface area contributed by atoms with Gasteiger partial charge in [0.25, 0.3) is 0 Å². The molecule has 136 valence electrons. The third-order valence-electron chi connectivity index (χ3n) is 3.12. The lowest BCUT2D eigenvalue weighted by Gasteiger charge is -2.11. The van der Waals surface area contributed by atoms with E-state index < -0.39 is 5.97 Å². The lowest BCUT2D eigenvalue weighted by molar-refractivity contribution is -0.141. The first-order chi connectivity index (χ1) is 12.5. The maximum absolute atomic E-state index is 12.2. The van der Waals surface area contributed by atoms with Crippen molar-refractivity contribution in [3.8, 4) is 5.75 Å². The van der Waals surface area contributed by atoms with Crippen LogP contribution in [-0.4, -0.2) is 25.1 Å². The minimum atomic E-state index is -0.669. The van der Waals surface area contributed by atoms with Crippen molar-refractivity contribution in [1.82, 2.24) is 5.32 Å². The molecule has 26 heavy (non-hydrogen) atoms. The summed E-state index contributed by atoms with van der Waals surface area (Å²) in [6, 6.07) is 14.1. The number of hydrogen-bond acceptors (Lipinski definition) is 4. The van der Waals surface area contributed by atoms with E-state index in [0.29, 0.717) is 15.8 Å². The molecule has 2 rings (SSSR count). The number of benzene rings is 2. The van der Waals surface area contributed by atoms with E-state index in [0.717, 1.165) is 5.56 Å². The zero-order valence-corrected chi connectivity index (χ0v) is 15.5. The van der Waals surface area contributed by atoms with E-state index in [1.807, 2.05) is 18.2 Å². The average Bonchev–Trinajstić information content (AvgIpc) is 2.60. The lowest BCUT2D eigenvalue weighted by atomic mass is 10.2. The van der Waals surface area contributed by atoms with Crippen LogP contribution in [0, 0.1) is 0 Å². The topological polar surface area (TPSA) is 64.6 Å². The molecule has 0 fully saturated rings. The van der Waals surface area contributed by atoms with Gasteiger partial charge in [-0.15, -0.1) is 0 Å². The Kier molecular flexibility index (Phi) is 7.51. The highest BCUT2D eigenvalue weighted by Gasteiger charge is 2.13. The SMILES string of the molecule is CC(=O)N/C(=C\c1ccccc1)C(=O)OCCOc1c(Cl)cccc1Cl. The Morgan fingerprint density at radius 3 is 2.27 bits per heavy atom. The molecule has 0 aliphatic rings. The number of nitrogens with one attached hydrogen (secondary N) is 1. The van der Waals surface area contributed by atoms with Crippen LogP contribution in [0.4, 0.5) is 0 Å². The standard InChI is InChI=1S/C19H17Cl2NO4/c1-13(23)22-17(12-14-6-3-2-4-7-14)19(24)26-11-10-25-18-15(20)8-5-9-16(18)21/h2-9,12H,10-11H2,1H3,(H,22,23)/b17-12-. The second-order valence-electron chi connectivity index (χ2n) is 5.19. The summed E-state index contributed by atoms with van der Waals surface area (Å²) in [5, 5.41) is 3.20. The van der Waals surface area contributed by atoms with Crippen molar-refractivity contribution in [2.45, 2.75) is 6.92 Å². The third kappa shape index (κ3) is 6.10. The van der Waals surface area contributed by atoms with E-state index in [1.54, 1.807) is 30.3 Å². The highest BCUT2D eigenvalue weighted by Crippen LogP contribution is 2.32. The normalized spacial score (nSPS) is 11.0. The van der Waals surface area contributed by atoms with Crippen LogP contribution in [0.2, 0.25) is 10.0 Å². The number of halogens is 2. The molecule has 2 aromatic carbocycles. The monoisotopic (exact) mass is 393 g/mol. The van der Waals surface area contributed by atoms with Crippen LogP contribution in [-0.2, 0) is 14.3 Å². The quantitative estimate of drug-likeness (QED) is 0.437. The number of ether oxygens (including phenoxy) is 2. The fourth-order valence-electron chi connectivity index (χ4n) is 2.03. The second-order valence-corrected chi connectivity index (χ2v) is 6.00. The van der Waals surface area contributed by atoms with Crippen LogP contribution >= 0.6 is 23.2 Å². The van der Waals surface area contributed by atoms with Crippen LogP contribution in [0.25, 0.3) is 6.08 Å². The van der Waals surface area contributed by atoms with Gasteiger partial charge in [-0.05, 0) is 23.8 Å². The Balaban J connectivity index is 1.95. The van der Waals surface area contributed by atoms with Crippen molar-refractivity contribution >= 4 is 41.2 Å². The fourth-order valence-corrected chi connectivity index (χ4v) is 2.53. The summed E-state index contributed by atoms with van der Waals surface area (Å²) < 4.78 is 10.6. The predicted octanol–water partition coefficient (Wildman–Crippen LogP) is 4.09. The zero-order valence-electron chi connectivity index (χ0n) is 14.0. The maximum Gasteiger partial charge on any atom is 0.354 e. The molecular formula is C19H17Cl2NO4. The molecule has 0 atom stereocenters. The van der Waals surface area contributed by atoms with Crippen LogP contribution < -0.4 is 10.1 Å². The zero-order chi connectivity index (χ0) is 18.9. The molecule has 0 heterocycles. The molecule has 5 nitrogen and oxygen atoms in total. The van der Waals surface area contributed by atoms with Gasteiger partial charge in [-0.3, -0.25) is 4.79 Å². The Morgan fingerprint density at radius 1 is 1.00 bits per heavy atom. The summed E-state index contributed by atoms with van der Waals surface area (Å²) in [5.41, 5.74) is 0.798. The largest absolute Gasteiger partial charge is 0.487 e. The molecule has 1 amide bonds. The summed E-state index contributed by atoms with van der Waals surface area (Å²) >= 11 is 12.0. The van der Waals surface area contributed by atoms with Gasteiger partial charge in [-0.2, -0.15) is 0 Å². The predicted molar refractivity (Wildman–Crippen MR) is 101 cm³/mol. The van der Waals surface area contributed by atoms with Crippen molar-refractivity contribution in [2.24, 2.45) is 0 Å². The Morgan fingerprint density at radius 2 is 1.65 bits per heavy atom. The second kappa shape index (κ2) is 9.85. The van der Waals surface area contributed by atoms with Gasteiger partial charge in [0.15, 0.2) is 5.75 Å². The molecule has 0 bridgehead atoms. The first-order valence-corrected chi connectivity index (χ1v) is 8.51. The van der Waals surface area contributed by atoms with Crippen LogP contribution in [0.5, 0.6) is 5.75 Å². The summed E-state index contributed by atoms with van der Waals surface area (Å²) in [7, 11) is 0. The number of hydrogen-bond donors (Lipinski definition) is 1. The summed E-state index contributed by atoms with van der Waals surface area (Å²) in [4.78, 5) is 23.5. The van der Waals surface area contributed by atoms with E-state index in [-0.39, 0.29) is 24.8 Å². The number of carbonyl (C=O) groups excluding carboxylic acids is 2. The van der Waals surface area contributed by atoms with Gasteiger partial charge >= 0.3 is 5.97 Å². The van der Waals surface area contributed by atoms with E-state index >= 15 is 0 Å². The van der Waals surface area contributed by atoms with E-state index in [1.165, 1.54) is 13.0 Å². The smallest absolute Gasteiger partial charge is 0.354 e. The molecule has 0 aromatic heterocycles. The lowest BCUT2D eigenvalue weighted by Crippen LogP contribution is -2.27. The minimum Gasteiger partial charge on any atom is -0.487 e. The summed E-state index contributed by atoms with van der Waals surface area (Å²) in [5.74, 6) is -0.713. The molecule has 0 spiro atoms. The minimum absolute atomic E-state index is 0.0356. The van der Waals surface area contributed by atoms with Gasteiger partial charge in [0.05, 0.1) is 10.0 Å². The number of amides is 1. The highest BCUT2D eigenvalue weighted by molar-refractivity contribution is 6.37. The van der Waals surface area contributed by atoms with Gasteiger partial charge < -0.3 is 14.8 Å². The molecule has 0 saturated heterocycles. The van der Waals surface area contributed by atoms with Crippen molar-refractivity contribution in [1.29, 1.82) is 0 Å². The van der Waals surface area contributed by atoms with Gasteiger partial charge in [0, 0.05) is 6.92 Å². The number of para-hydroxylation sites is 1. The molecule has 7 heteroatoms. The molecule has 0 aliphatic carbocycles. The summed E-state index contributed by atoms with van der Waals surface area (Å²) in [6.07, 6.45) is 1.54. The fraction of sp³-hybridized carbons (Fsp3) is 0.158. The van der Waals surface area contributed by atoms with E-state index in [2.05, 4.69) is 5.32 Å². The molecular weight excluding hydrogens is 377 g/mol. The van der Waals surface area contributed by atoms with Crippen LogP contribution in [0.3, 0.4) is 0 Å². The number of esters is 1. The van der Waals surface area contributed by atoms with Gasteiger partial charge in [-0.25, -0.2) is 4.79 Å². The van der Waals surface area contributed by atoms with Crippen LogP contribution in [0.15, 0.2) is 54.2 Å². The molecule has 0 aliphatic heterocycles. The summed E-state index contributed by atoms with van der Waals surface area (Å²) in [6.45, 7) is 1.34. The molecule has 0 saturated carbocycles. The first-order valence-electron chi connectivity index (χ1n) is 7.75. The van der Waals surface area contributed by atoms with Crippen molar-refractivity contribution in [2.75, 3.05) is 13.2 Å². The average molecular weight is 394 g/mol. The Labute approximate surface area is 161 Å². The van der Waals surface area contributed by atoms with E-state index in [9.17, 15) is 9.59 Å². The Bertz CT molecular complexity index is 786. The molecule has 1 N–H and O–H groups in total. The van der Waals surface area contributed by atoms with E-state index in [4.69, 9.17) is 32.7 Å². The van der Waals surface area contributed by atoms with Gasteiger partial charge in [0.2, 0.25) is 5.91 Å². The van der Waals surface area contributed by atoms with Crippen molar-refractivity contribution in [3.05, 3.63) is 69.8 Å². The van der Waals surface area contributed by atoms with Gasteiger partial charge in [0.1, 0.15) is 18.9 Å². The van der Waals surface area contributed by atoms with Crippen molar-refractivity contribution < 1.29 is 19.1 Å². The maximum atomic E-state index is 12.2. The van der Waals surface area contributed by atoms with Crippen LogP contribution in [0.1, 0.15) is 12.5 Å².